The van der Waals surface area contributed by atoms with Crippen LogP contribution in [0.3, 0.4) is 0 Å². The van der Waals surface area contributed by atoms with Gasteiger partial charge < -0.3 is 14.6 Å². The van der Waals surface area contributed by atoms with Crippen molar-refractivity contribution in [3.8, 4) is 22.5 Å². The molecule has 6 heteroatoms. The van der Waals surface area contributed by atoms with Crippen LogP contribution in [0.15, 0.2) is 59.1 Å². The Morgan fingerprint density at radius 3 is 2.05 bits per heavy atom. The van der Waals surface area contributed by atoms with Crippen LogP contribution in [0.1, 0.15) is 54.6 Å². The third kappa shape index (κ3) is 4.73. The lowest BCUT2D eigenvalue weighted by Gasteiger charge is -2.56. The standard InChI is InChI=1S/C31H35N3O3/c35-30(32-31-17-22-13-23(18-31)15-24(14-22)19-31)28-16-29(37-33-28)27-7-5-26(6-8-27)25-3-1-21(2-4-25)20-34-9-11-36-12-10-34/h1-8,16,22-24H,9-15,17-20H2,(H,32,35). The number of carbonyl (C=O) groups excluding carboxylic acids is 1. The lowest BCUT2D eigenvalue weighted by atomic mass is 9.53. The molecule has 1 amide bonds. The Hall–Kier alpha value is -2.96. The normalized spacial score (nSPS) is 28.9. The molecule has 5 aliphatic rings. The van der Waals surface area contributed by atoms with E-state index >= 15 is 0 Å². The number of hydrogen-bond donors (Lipinski definition) is 1. The highest BCUT2D eigenvalue weighted by molar-refractivity contribution is 5.93. The number of aromatic nitrogens is 1. The van der Waals surface area contributed by atoms with Gasteiger partial charge in [0, 0.05) is 36.8 Å². The van der Waals surface area contributed by atoms with E-state index in [4.69, 9.17) is 9.26 Å². The average molecular weight is 498 g/mol. The summed E-state index contributed by atoms with van der Waals surface area (Å²) in [5, 5.41) is 7.53. The first kappa shape index (κ1) is 23.2. The van der Waals surface area contributed by atoms with E-state index in [0.29, 0.717) is 11.5 Å². The van der Waals surface area contributed by atoms with Gasteiger partial charge in [-0.3, -0.25) is 9.69 Å². The van der Waals surface area contributed by atoms with Crippen LogP contribution in [0, 0.1) is 17.8 Å². The van der Waals surface area contributed by atoms with Gasteiger partial charge in [-0.25, -0.2) is 0 Å². The largest absolute Gasteiger partial charge is 0.379 e. The third-order valence-corrected chi connectivity index (χ3v) is 9.13. The summed E-state index contributed by atoms with van der Waals surface area (Å²) in [7, 11) is 0. The van der Waals surface area contributed by atoms with Crippen molar-refractivity contribution in [2.75, 3.05) is 26.3 Å². The van der Waals surface area contributed by atoms with E-state index in [1.54, 1.807) is 6.07 Å². The van der Waals surface area contributed by atoms with Crippen LogP contribution in [0.4, 0.5) is 0 Å². The monoisotopic (exact) mass is 497 g/mol. The molecule has 5 fully saturated rings. The second-order valence-corrected chi connectivity index (χ2v) is 11.9. The van der Waals surface area contributed by atoms with Gasteiger partial charge in [0.1, 0.15) is 0 Å². The number of rotatable bonds is 6. The first-order valence-corrected chi connectivity index (χ1v) is 13.9. The third-order valence-electron chi connectivity index (χ3n) is 9.13. The highest BCUT2D eigenvalue weighted by Crippen LogP contribution is 2.55. The first-order chi connectivity index (χ1) is 18.1. The predicted molar refractivity (Wildman–Crippen MR) is 142 cm³/mol. The highest BCUT2D eigenvalue weighted by atomic mass is 16.5. The number of carbonyl (C=O) groups is 1. The minimum atomic E-state index is -0.0919. The van der Waals surface area contributed by atoms with Crippen LogP contribution in [0.25, 0.3) is 22.5 Å². The van der Waals surface area contributed by atoms with E-state index in [1.165, 1.54) is 30.4 Å². The van der Waals surface area contributed by atoms with Crippen molar-refractivity contribution in [2.45, 2.75) is 50.6 Å². The zero-order valence-electron chi connectivity index (χ0n) is 21.3. The van der Waals surface area contributed by atoms with Gasteiger partial charge in [-0.1, -0.05) is 53.7 Å². The molecular weight excluding hydrogens is 462 g/mol. The Kier molecular flexibility index (Phi) is 5.89. The number of morpholine rings is 1. The Bertz CT molecular complexity index is 1220. The van der Waals surface area contributed by atoms with Crippen molar-refractivity contribution >= 4 is 5.91 Å². The molecule has 2 heterocycles. The molecule has 1 aliphatic heterocycles. The highest BCUT2D eigenvalue weighted by Gasteiger charge is 2.51. The molecule has 6 nitrogen and oxygen atoms in total. The fraction of sp³-hybridized carbons (Fsp3) is 0.484. The number of hydrogen-bond acceptors (Lipinski definition) is 5. The first-order valence-electron chi connectivity index (χ1n) is 13.9. The lowest BCUT2D eigenvalue weighted by molar-refractivity contribution is -0.0168. The summed E-state index contributed by atoms with van der Waals surface area (Å²) in [6.07, 6.45) is 7.47. The molecule has 1 N–H and O–H groups in total. The smallest absolute Gasteiger partial charge is 0.273 e. The molecule has 0 spiro atoms. The number of nitrogens with one attached hydrogen (secondary N) is 1. The summed E-state index contributed by atoms with van der Waals surface area (Å²) >= 11 is 0. The topological polar surface area (TPSA) is 67.6 Å². The van der Waals surface area contributed by atoms with Crippen LogP contribution in [-0.4, -0.2) is 47.8 Å². The van der Waals surface area contributed by atoms with Gasteiger partial charge in [0.25, 0.3) is 5.91 Å². The molecule has 2 aromatic carbocycles. The molecular formula is C31H35N3O3. The van der Waals surface area contributed by atoms with Gasteiger partial charge >= 0.3 is 0 Å². The zero-order chi connectivity index (χ0) is 24.8. The van der Waals surface area contributed by atoms with Crippen LogP contribution in [0.5, 0.6) is 0 Å². The van der Waals surface area contributed by atoms with Gasteiger partial charge in [0.2, 0.25) is 0 Å². The molecule has 1 aromatic heterocycles. The molecule has 37 heavy (non-hydrogen) atoms. The van der Waals surface area contributed by atoms with E-state index in [1.807, 2.05) is 12.1 Å². The molecule has 192 valence electrons. The van der Waals surface area contributed by atoms with Crippen LogP contribution >= 0.6 is 0 Å². The molecule has 0 unspecified atom stereocenters. The average Bonchev–Trinajstić information content (AvgIpc) is 3.40. The van der Waals surface area contributed by atoms with Gasteiger partial charge in [0.05, 0.1) is 13.2 Å². The molecule has 4 saturated carbocycles. The summed E-state index contributed by atoms with van der Waals surface area (Å²) in [5.41, 5.74) is 4.94. The zero-order valence-corrected chi connectivity index (χ0v) is 21.3. The second kappa shape index (κ2) is 9.41. The van der Waals surface area contributed by atoms with Crippen LogP contribution in [-0.2, 0) is 11.3 Å². The van der Waals surface area contributed by atoms with Gasteiger partial charge in [0.15, 0.2) is 11.5 Å². The van der Waals surface area contributed by atoms with Gasteiger partial charge in [-0.15, -0.1) is 0 Å². The SMILES string of the molecule is O=C(NC12CC3CC(CC(C3)C1)C2)c1cc(-c2ccc(-c3ccc(CN4CCOCC4)cc3)cc2)on1. The number of benzene rings is 2. The Morgan fingerprint density at radius 1 is 0.865 bits per heavy atom. The molecule has 1 saturated heterocycles. The van der Waals surface area contributed by atoms with Crippen LogP contribution < -0.4 is 5.32 Å². The summed E-state index contributed by atoms with van der Waals surface area (Å²) < 4.78 is 11.0. The Balaban J connectivity index is 1.00. The molecule has 0 atom stereocenters. The summed E-state index contributed by atoms with van der Waals surface area (Å²) in [5.74, 6) is 2.91. The predicted octanol–water partition coefficient (Wildman–Crippen LogP) is 5.54. The van der Waals surface area contributed by atoms with E-state index in [9.17, 15) is 4.79 Å². The minimum absolute atomic E-state index is 0.0235. The van der Waals surface area contributed by atoms with Crippen molar-refractivity contribution in [1.82, 2.24) is 15.4 Å². The van der Waals surface area contributed by atoms with Gasteiger partial charge in [-0.2, -0.15) is 0 Å². The quantitative estimate of drug-likeness (QED) is 0.484. The molecule has 3 aromatic rings. The number of ether oxygens (including phenoxy) is 1. The molecule has 8 rings (SSSR count). The Labute approximate surface area is 218 Å². The summed E-state index contributed by atoms with van der Waals surface area (Å²) in [6, 6.07) is 18.9. The summed E-state index contributed by atoms with van der Waals surface area (Å²) in [6.45, 7) is 4.60. The van der Waals surface area contributed by atoms with Crippen molar-refractivity contribution in [3.05, 3.63) is 65.9 Å². The second-order valence-electron chi connectivity index (χ2n) is 11.9. The number of amides is 1. The number of nitrogens with zero attached hydrogens (tertiary/aromatic N) is 2. The van der Waals surface area contributed by atoms with E-state index in [0.717, 1.165) is 81.0 Å². The van der Waals surface area contributed by atoms with E-state index in [2.05, 4.69) is 51.8 Å². The maximum Gasteiger partial charge on any atom is 0.273 e. The molecule has 4 bridgehead atoms. The molecule has 4 aliphatic carbocycles. The van der Waals surface area contributed by atoms with Gasteiger partial charge in [-0.05, 0) is 73.0 Å². The maximum absolute atomic E-state index is 13.1. The summed E-state index contributed by atoms with van der Waals surface area (Å²) in [4.78, 5) is 15.6. The minimum Gasteiger partial charge on any atom is -0.379 e. The van der Waals surface area contributed by atoms with Crippen molar-refractivity contribution in [2.24, 2.45) is 17.8 Å². The lowest BCUT2D eigenvalue weighted by Crippen LogP contribution is -2.59. The molecule has 0 radical (unpaired) electrons. The van der Waals surface area contributed by atoms with E-state index < -0.39 is 0 Å². The van der Waals surface area contributed by atoms with Crippen molar-refractivity contribution < 1.29 is 14.1 Å². The van der Waals surface area contributed by atoms with Crippen LogP contribution in [0.2, 0.25) is 0 Å². The maximum atomic E-state index is 13.1. The Morgan fingerprint density at radius 2 is 1.43 bits per heavy atom. The fourth-order valence-electron chi connectivity index (χ4n) is 7.73. The van der Waals surface area contributed by atoms with Crippen molar-refractivity contribution in [1.29, 1.82) is 0 Å². The fourth-order valence-corrected chi connectivity index (χ4v) is 7.73. The van der Waals surface area contributed by atoms with Crippen molar-refractivity contribution in [3.63, 3.8) is 0 Å². The van der Waals surface area contributed by atoms with E-state index in [-0.39, 0.29) is 11.4 Å².